The maximum Gasteiger partial charge on any atom is 0.119 e. The number of hydrogen-bond acceptors (Lipinski definition) is 3. The molecule has 0 saturated carbocycles. The lowest BCUT2D eigenvalue weighted by atomic mass is 10.2. The maximum absolute atomic E-state index is 5.77. The molecule has 3 nitrogen and oxygen atoms in total. The molecule has 0 unspecified atom stereocenters. The molecule has 2 rings (SSSR count). The minimum Gasteiger partial charge on any atom is -0.494 e. The lowest BCUT2D eigenvalue weighted by Gasteiger charge is -2.10. The highest BCUT2D eigenvalue weighted by Gasteiger charge is 1.97. The first-order valence-corrected chi connectivity index (χ1v) is 7.64. The van der Waals surface area contributed by atoms with Gasteiger partial charge in [-0.2, -0.15) is 0 Å². The van der Waals surface area contributed by atoms with Crippen LogP contribution in [-0.2, 0) is 6.54 Å². The summed E-state index contributed by atoms with van der Waals surface area (Å²) in [7, 11) is 0. The monoisotopic (exact) mass is 284 g/mol. The van der Waals surface area contributed by atoms with E-state index in [4.69, 9.17) is 4.74 Å². The van der Waals surface area contributed by atoms with Crippen molar-refractivity contribution in [3.8, 4) is 5.75 Å². The molecule has 0 aliphatic carbocycles. The molecule has 0 aliphatic heterocycles. The molecule has 0 aliphatic rings. The molecule has 21 heavy (non-hydrogen) atoms. The predicted octanol–water partition coefficient (Wildman–Crippen LogP) is 4.37. The van der Waals surface area contributed by atoms with Crippen molar-refractivity contribution in [2.45, 2.75) is 32.7 Å². The van der Waals surface area contributed by atoms with Gasteiger partial charge in [-0.15, -0.1) is 0 Å². The Hall–Kier alpha value is -2.00. The van der Waals surface area contributed by atoms with Crippen molar-refractivity contribution in [2.24, 2.45) is 0 Å². The molecule has 112 valence electrons. The third-order valence-electron chi connectivity index (χ3n) is 3.21. The van der Waals surface area contributed by atoms with Crippen molar-refractivity contribution in [2.75, 3.05) is 12.0 Å². The first kappa shape index (κ1) is 15.4. The summed E-state index contributed by atoms with van der Waals surface area (Å²) in [5.41, 5.74) is 8.66. The summed E-state index contributed by atoms with van der Waals surface area (Å²) in [6, 6.07) is 18.3. The van der Waals surface area contributed by atoms with Crippen LogP contribution in [0.15, 0.2) is 54.6 Å². The van der Waals surface area contributed by atoms with E-state index in [1.165, 1.54) is 18.4 Å². The highest BCUT2D eigenvalue weighted by atomic mass is 16.5. The van der Waals surface area contributed by atoms with E-state index >= 15 is 0 Å². The van der Waals surface area contributed by atoms with Crippen LogP contribution in [0.25, 0.3) is 0 Å². The Morgan fingerprint density at radius 2 is 1.81 bits per heavy atom. The van der Waals surface area contributed by atoms with Crippen LogP contribution in [0.2, 0.25) is 0 Å². The molecule has 0 bridgehead atoms. The van der Waals surface area contributed by atoms with Gasteiger partial charge in [-0.05, 0) is 36.2 Å². The Labute approximate surface area is 127 Å². The van der Waals surface area contributed by atoms with E-state index in [1.54, 1.807) is 0 Å². The van der Waals surface area contributed by atoms with Crippen LogP contribution < -0.4 is 15.6 Å². The molecular weight excluding hydrogens is 260 g/mol. The molecule has 0 atom stereocenters. The van der Waals surface area contributed by atoms with Gasteiger partial charge in [-0.3, -0.25) is 0 Å². The van der Waals surface area contributed by atoms with Crippen LogP contribution in [0.1, 0.15) is 31.7 Å². The van der Waals surface area contributed by atoms with Crippen LogP contribution in [0, 0.1) is 0 Å². The molecule has 0 saturated heterocycles. The number of para-hydroxylation sites is 1. The number of anilines is 1. The molecule has 3 heteroatoms. The summed E-state index contributed by atoms with van der Waals surface area (Å²) in [4.78, 5) is 0. The number of unbranched alkanes of at least 4 members (excludes halogenated alkanes) is 2. The highest BCUT2D eigenvalue weighted by molar-refractivity contribution is 5.41. The summed E-state index contributed by atoms with van der Waals surface area (Å²) in [5, 5.41) is 0. The minimum atomic E-state index is 0.751. The molecule has 0 spiro atoms. The van der Waals surface area contributed by atoms with Crippen LogP contribution in [0.5, 0.6) is 5.75 Å². The van der Waals surface area contributed by atoms with Gasteiger partial charge in [0.2, 0.25) is 0 Å². The number of nitrogens with one attached hydrogen (secondary N) is 2. The van der Waals surface area contributed by atoms with E-state index in [0.717, 1.165) is 31.0 Å². The second-order valence-electron chi connectivity index (χ2n) is 5.05. The normalized spacial score (nSPS) is 10.3. The maximum atomic E-state index is 5.77. The zero-order valence-corrected chi connectivity index (χ0v) is 12.6. The fourth-order valence-corrected chi connectivity index (χ4v) is 2.06. The van der Waals surface area contributed by atoms with E-state index in [1.807, 2.05) is 42.5 Å². The number of ether oxygens (including phenoxy) is 1. The zero-order chi connectivity index (χ0) is 14.8. The average molecular weight is 284 g/mol. The van der Waals surface area contributed by atoms with E-state index in [0.29, 0.717) is 0 Å². The third kappa shape index (κ3) is 5.88. The van der Waals surface area contributed by atoms with E-state index in [2.05, 4.69) is 29.9 Å². The topological polar surface area (TPSA) is 33.3 Å². The van der Waals surface area contributed by atoms with Gasteiger partial charge in [-0.25, -0.2) is 5.43 Å². The first-order valence-electron chi connectivity index (χ1n) is 7.64. The Bertz CT molecular complexity index is 514. The molecule has 0 radical (unpaired) electrons. The van der Waals surface area contributed by atoms with Crippen molar-refractivity contribution < 1.29 is 4.74 Å². The SMILES string of the molecule is CCCCCOc1cccc(CNNc2ccccc2)c1. The van der Waals surface area contributed by atoms with E-state index in [-0.39, 0.29) is 0 Å². The lowest BCUT2D eigenvalue weighted by Crippen LogP contribution is -2.20. The quantitative estimate of drug-likeness (QED) is 0.530. The summed E-state index contributed by atoms with van der Waals surface area (Å²) in [5.74, 6) is 0.949. The Kier molecular flexibility index (Phi) is 6.62. The molecule has 0 heterocycles. The van der Waals surface area contributed by atoms with Crippen LogP contribution in [-0.4, -0.2) is 6.61 Å². The second kappa shape index (κ2) is 9.03. The number of benzene rings is 2. The van der Waals surface area contributed by atoms with Gasteiger partial charge >= 0.3 is 0 Å². The molecule has 2 aromatic carbocycles. The fraction of sp³-hybridized carbons (Fsp3) is 0.333. The predicted molar refractivity (Wildman–Crippen MR) is 88.4 cm³/mol. The number of hydrogen-bond donors (Lipinski definition) is 2. The summed E-state index contributed by atoms with van der Waals surface area (Å²) in [6.45, 7) is 3.75. The Morgan fingerprint density at radius 1 is 0.952 bits per heavy atom. The van der Waals surface area contributed by atoms with Crippen molar-refractivity contribution in [3.63, 3.8) is 0 Å². The smallest absolute Gasteiger partial charge is 0.119 e. The molecule has 0 fully saturated rings. The molecule has 0 amide bonds. The van der Waals surface area contributed by atoms with Gasteiger partial charge < -0.3 is 10.2 Å². The number of hydrazine groups is 1. The van der Waals surface area contributed by atoms with Crippen molar-refractivity contribution in [3.05, 3.63) is 60.2 Å². The van der Waals surface area contributed by atoms with Crippen molar-refractivity contribution in [1.29, 1.82) is 0 Å². The van der Waals surface area contributed by atoms with Gasteiger partial charge in [0.1, 0.15) is 5.75 Å². The molecular formula is C18H24N2O. The van der Waals surface area contributed by atoms with Crippen molar-refractivity contribution >= 4 is 5.69 Å². The lowest BCUT2D eigenvalue weighted by molar-refractivity contribution is 0.306. The summed E-state index contributed by atoms with van der Waals surface area (Å²) in [6.07, 6.45) is 3.56. The Balaban J connectivity index is 1.75. The number of rotatable bonds is 9. The van der Waals surface area contributed by atoms with Crippen LogP contribution in [0.4, 0.5) is 5.69 Å². The van der Waals surface area contributed by atoms with Gasteiger partial charge in [0.25, 0.3) is 0 Å². The average Bonchev–Trinajstić information content (AvgIpc) is 2.53. The standard InChI is InChI=1S/C18H24N2O/c1-2-3-7-13-21-18-12-8-9-16(14-18)15-19-20-17-10-5-4-6-11-17/h4-6,8-12,14,19-20H,2-3,7,13,15H2,1H3. The summed E-state index contributed by atoms with van der Waals surface area (Å²) >= 11 is 0. The van der Waals surface area contributed by atoms with E-state index < -0.39 is 0 Å². The van der Waals surface area contributed by atoms with Crippen LogP contribution >= 0.6 is 0 Å². The van der Waals surface area contributed by atoms with Gasteiger partial charge in [0.15, 0.2) is 0 Å². The van der Waals surface area contributed by atoms with Crippen molar-refractivity contribution in [1.82, 2.24) is 5.43 Å². The van der Waals surface area contributed by atoms with E-state index in [9.17, 15) is 0 Å². The van der Waals surface area contributed by atoms with Crippen LogP contribution in [0.3, 0.4) is 0 Å². The highest BCUT2D eigenvalue weighted by Crippen LogP contribution is 2.14. The molecule has 0 aromatic heterocycles. The Morgan fingerprint density at radius 3 is 2.62 bits per heavy atom. The van der Waals surface area contributed by atoms with Gasteiger partial charge in [0, 0.05) is 12.2 Å². The van der Waals surface area contributed by atoms with Gasteiger partial charge in [-0.1, -0.05) is 50.1 Å². The molecule has 2 aromatic rings. The summed E-state index contributed by atoms with van der Waals surface area (Å²) < 4.78 is 5.77. The fourth-order valence-electron chi connectivity index (χ4n) is 2.06. The second-order valence-corrected chi connectivity index (χ2v) is 5.05. The van der Waals surface area contributed by atoms with Gasteiger partial charge in [0.05, 0.1) is 6.61 Å². The first-order chi connectivity index (χ1) is 10.4. The largest absolute Gasteiger partial charge is 0.494 e. The zero-order valence-electron chi connectivity index (χ0n) is 12.6. The molecule has 2 N–H and O–H groups in total. The third-order valence-corrected chi connectivity index (χ3v) is 3.21. The minimum absolute atomic E-state index is 0.751.